The zero-order valence-electron chi connectivity index (χ0n) is 15.9. The van der Waals surface area contributed by atoms with Gasteiger partial charge in [-0.05, 0) is 20.3 Å². The number of carbonyl (C=O) groups is 1. The van der Waals surface area contributed by atoms with Gasteiger partial charge in [-0.2, -0.15) is 0 Å². The predicted octanol–water partition coefficient (Wildman–Crippen LogP) is 0.925. The molecule has 3 aliphatic rings. The Morgan fingerprint density at radius 1 is 1.30 bits per heavy atom. The largest absolute Gasteiger partial charge is 0.389 e. The lowest BCUT2D eigenvalue weighted by Gasteiger charge is -2.57. The van der Waals surface area contributed by atoms with Crippen LogP contribution in [0.15, 0.2) is 12.4 Å². The lowest BCUT2D eigenvalue weighted by molar-refractivity contribution is -0.212. The van der Waals surface area contributed by atoms with Crippen LogP contribution in [0.4, 0.5) is 5.95 Å². The summed E-state index contributed by atoms with van der Waals surface area (Å²) in [6.45, 7) is 6.62. The molecule has 0 unspecified atom stereocenters. The molecule has 4 heterocycles. The maximum atomic E-state index is 13.2. The summed E-state index contributed by atoms with van der Waals surface area (Å²) in [7, 11) is 0. The maximum absolute atomic E-state index is 13.2. The normalized spacial score (nSPS) is 33.3. The number of carbonyl (C=O) groups excluding carboxylic acids is 1. The van der Waals surface area contributed by atoms with E-state index in [0.717, 1.165) is 6.42 Å². The van der Waals surface area contributed by atoms with E-state index in [4.69, 9.17) is 9.47 Å². The van der Waals surface area contributed by atoms with Crippen molar-refractivity contribution in [2.75, 3.05) is 38.3 Å². The Bertz CT molecular complexity index is 683. The van der Waals surface area contributed by atoms with E-state index in [1.54, 1.807) is 12.4 Å². The molecule has 0 bridgehead atoms. The number of rotatable bonds is 3. The van der Waals surface area contributed by atoms with Crippen molar-refractivity contribution in [3.8, 4) is 0 Å². The van der Waals surface area contributed by atoms with Gasteiger partial charge < -0.3 is 24.8 Å². The third-order valence-electron chi connectivity index (χ3n) is 6.03. The number of hydrogen-bond donors (Lipinski definition) is 2. The number of hydrogen-bond acceptors (Lipinski definition) is 7. The number of likely N-dealkylation sites (tertiary alicyclic amines) is 1. The fourth-order valence-corrected chi connectivity index (χ4v) is 4.63. The van der Waals surface area contributed by atoms with Gasteiger partial charge in [0.25, 0.3) is 5.91 Å². The molecule has 3 aliphatic heterocycles. The van der Waals surface area contributed by atoms with Crippen LogP contribution in [0.3, 0.4) is 0 Å². The van der Waals surface area contributed by atoms with Crippen LogP contribution >= 0.6 is 0 Å². The van der Waals surface area contributed by atoms with Gasteiger partial charge in [0.1, 0.15) is 0 Å². The molecule has 0 radical (unpaired) electrons. The monoisotopic (exact) mass is 376 g/mol. The van der Waals surface area contributed by atoms with Crippen molar-refractivity contribution in [2.45, 2.75) is 44.4 Å². The molecule has 3 saturated heterocycles. The average molecular weight is 376 g/mol. The molecule has 0 saturated carbocycles. The minimum atomic E-state index is -0.818. The third-order valence-corrected chi connectivity index (χ3v) is 6.03. The van der Waals surface area contributed by atoms with Gasteiger partial charge in [0.2, 0.25) is 5.95 Å². The number of amides is 1. The van der Waals surface area contributed by atoms with E-state index in [-0.39, 0.29) is 29.8 Å². The molecule has 4 atom stereocenters. The highest BCUT2D eigenvalue weighted by Gasteiger charge is 2.56. The fraction of sp³-hybridized carbons (Fsp3) is 0.737. The summed E-state index contributed by atoms with van der Waals surface area (Å²) in [5, 5.41) is 14.5. The van der Waals surface area contributed by atoms with E-state index in [0.29, 0.717) is 50.9 Å². The molecule has 0 aliphatic carbocycles. The van der Waals surface area contributed by atoms with E-state index < -0.39 is 5.60 Å². The number of aromatic nitrogens is 2. The van der Waals surface area contributed by atoms with Gasteiger partial charge in [-0.1, -0.05) is 0 Å². The van der Waals surface area contributed by atoms with E-state index in [9.17, 15) is 9.90 Å². The highest BCUT2D eigenvalue weighted by molar-refractivity contribution is 5.94. The SMILES string of the molecule is CC(C)Nc1ncc(C(=O)N2C[C@H]3COCC[C@@]3(O)[C@@H]3COCC[C@@H]32)cn1. The first-order valence-corrected chi connectivity index (χ1v) is 9.76. The minimum Gasteiger partial charge on any atom is -0.389 e. The lowest BCUT2D eigenvalue weighted by atomic mass is 9.66. The van der Waals surface area contributed by atoms with Crippen LogP contribution < -0.4 is 5.32 Å². The molecule has 1 amide bonds. The molecule has 8 heteroatoms. The Morgan fingerprint density at radius 2 is 2.04 bits per heavy atom. The van der Waals surface area contributed by atoms with Crippen LogP contribution in [-0.4, -0.2) is 76.5 Å². The molecular formula is C19H28N4O4. The standard InChI is InChI=1S/C19H28N4O4/c1-12(2)22-18-20-7-13(8-21-18)17(24)23-9-14-10-27-6-4-19(14,25)15-11-26-5-3-16(15)23/h7-8,12,14-16,25H,3-6,9-11H2,1-2H3,(H,20,21,22)/t14-,15+,16-,19-/m0/s1. The fourth-order valence-electron chi connectivity index (χ4n) is 4.63. The highest BCUT2D eigenvalue weighted by atomic mass is 16.5. The number of aliphatic hydroxyl groups is 1. The molecule has 3 fully saturated rings. The van der Waals surface area contributed by atoms with Crippen molar-refractivity contribution in [3.05, 3.63) is 18.0 Å². The molecule has 27 heavy (non-hydrogen) atoms. The van der Waals surface area contributed by atoms with Crippen LogP contribution in [0.1, 0.15) is 37.0 Å². The Balaban J connectivity index is 1.57. The summed E-state index contributed by atoms with van der Waals surface area (Å²) < 4.78 is 11.3. The molecule has 2 N–H and O–H groups in total. The van der Waals surface area contributed by atoms with Crippen molar-refractivity contribution < 1.29 is 19.4 Å². The summed E-state index contributed by atoms with van der Waals surface area (Å²) in [6.07, 6.45) is 4.49. The zero-order valence-corrected chi connectivity index (χ0v) is 15.9. The molecule has 4 rings (SSSR count). The van der Waals surface area contributed by atoms with Gasteiger partial charge in [0.15, 0.2) is 0 Å². The molecule has 0 aromatic carbocycles. The smallest absolute Gasteiger partial charge is 0.257 e. The maximum Gasteiger partial charge on any atom is 0.257 e. The number of fused-ring (bicyclic) bond motifs is 3. The first kappa shape index (κ1) is 18.6. The second-order valence-electron chi connectivity index (χ2n) is 8.10. The van der Waals surface area contributed by atoms with Gasteiger partial charge in [-0.15, -0.1) is 0 Å². The van der Waals surface area contributed by atoms with Crippen LogP contribution in [0, 0.1) is 11.8 Å². The number of nitrogens with zero attached hydrogens (tertiary/aromatic N) is 3. The summed E-state index contributed by atoms with van der Waals surface area (Å²) in [6, 6.07) is 0.194. The first-order chi connectivity index (χ1) is 13.0. The molecule has 1 aromatic rings. The number of piperidine rings is 1. The van der Waals surface area contributed by atoms with Gasteiger partial charge in [0, 0.05) is 62.5 Å². The summed E-state index contributed by atoms with van der Waals surface area (Å²) in [5.74, 6) is 0.247. The van der Waals surface area contributed by atoms with Crippen molar-refractivity contribution >= 4 is 11.9 Å². The Kier molecular flexibility index (Phi) is 5.05. The summed E-state index contributed by atoms with van der Waals surface area (Å²) in [4.78, 5) is 23.6. The third kappa shape index (κ3) is 3.41. The highest BCUT2D eigenvalue weighted by Crippen LogP contribution is 2.44. The molecule has 148 valence electrons. The summed E-state index contributed by atoms with van der Waals surface area (Å²) >= 11 is 0. The number of ether oxygens (including phenoxy) is 2. The van der Waals surface area contributed by atoms with Crippen molar-refractivity contribution in [3.63, 3.8) is 0 Å². The van der Waals surface area contributed by atoms with Crippen LogP contribution in [0.2, 0.25) is 0 Å². The lowest BCUT2D eigenvalue weighted by Crippen LogP contribution is -2.68. The van der Waals surface area contributed by atoms with E-state index >= 15 is 0 Å². The number of anilines is 1. The molecule has 8 nitrogen and oxygen atoms in total. The Labute approximate surface area is 159 Å². The van der Waals surface area contributed by atoms with Gasteiger partial charge in [0.05, 0.1) is 24.4 Å². The molecular weight excluding hydrogens is 348 g/mol. The van der Waals surface area contributed by atoms with Gasteiger partial charge >= 0.3 is 0 Å². The van der Waals surface area contributed by atoms with Crippen molar-refractivity contribution in [1.29, 1.82) is 0 Å². The van der Waals surface area contributed by atoms with Crippen molar-refractivity contribution in [1.82, 2.24) is 14.9 Å². The second kappa shape index (κ2) is 7.33. The van der Waals surface area contributed by atoms with E-state index in [1.165, 1.54) is 0 Å². The predicted molar refractivity (Wildman–Crippen MR) is 98.4 cm³/mol. The quantitative estimate of drug-likeness (QED) is 0.810. The minimum absolute atomic E-state index is 0.0286. The zero-order chi connectivity index (χ0) is 19.0. The van der Waals surface area contributed by atoms with Crippen LogP contribution in [0.25, 0.3) is 0 Å². The summed E-state index contributed by atoms with van der Waals surface area (Å²) in [5.41, 5.74) is -0.349. The second-order valence-corrected chi connectivity index (χ2v) is 8.10. The van der Waals surface area contributed by atoms with Gasteiger partial charge in [-0.3, -0.25) is 4.79 Å². The first-order valence-electron chi connectivity index (χ1n) is 9.76. The molecule has 1 aromatic heterocycles. The molecule has 0 spiro atoms. The van der Waals surface area contributed by atoms with E-state index in [1.807, 2.05) is 18.7 Å². The topological polar surface area (TPSA) is 96.8 Å². The van der Waals surface area contributed by atoms with Crippen LogP contribution in [0.5, 0.6) is 0 Å². The number of nitrogens with one attached hydrogen (secondary N) is 1. The average Bonchev–Trinajstić information content (AvgIpc) is 2.67. The van der Waals surface area contributed by atoms with E-state index in [2.05, 4.69) is 15.3 Å². The van der Waals surface area contributed by atoms with Crippen molar-refractivity contribution in [2.24, 2.45) is 11.8 Å². The van der Waals surface area contributed by atoms with Crippen LogP contribution in [-0.2, 0) is 9.47 Å². The Morgan fingerprint density at radius 3 is 2.78 bits per heavy atom. The Hall–Kier alpha value is -1.77. The van der Waals surface area contributed by atoms with Gasteiger partial charge in [-0.25, -0.2) is 9.97 Å².